The number of aliphatic imine (C=N–C) groups is 1. The molecule has 2 rings (SSSR count). The lowest BCUT2D eigenvalue weighted by atomic mass is 10.3. The van der Waals surface area contributed by atoms with Gasteiger partial charge in [0, 0.05) is 29.4 Å². The number of anilines is 1. The van der Waals surface area contributed by atoms with Crippen LogP contribution in [0.3, 0.4) is 0 Å². The van der Waals surface area contributed by atoms with Crippen molar-refractivity contribution in [2.24, 2.45) is 10.7 Å². The second kappa shape index (κ2) is 11.1. The van der Waals surface area contributed by atoms with E-state index in [2.05, 4.69) is 46.9 Å². The molecular formula is C13H15BrFN7O3S. The summed E-state index contributed by atoms with van der Waals surface area (Å²) in [7, 11) is -0.960. The number of nitrogens with two attached hydrogens (primary N) is 1. The van der Waals surface area contributed by atoms with Gasteiger partial charge in [-0.2, -0.15) is 5.26 Å². The summed E-state index contributed by atoms with van der Waals surface area (Å²) in [5.74, 6) is 0.179. The zero-order valence-corrected chi connectivity index (χ0v) is 15.8. The summed E-state index contributed by atoms with van der Waals surface area (Å²) in [4.78, 5) is 4.12. The molecule has 10 nitrogen and oxygen atoms in total. The second-order valence-electron chi connectivity index (χ2n) is 4.47. The first-order valence-corrected chi connectivity index (χ1v) is 9.35. The molecule has 0 spiro atoms. The summed E-state index contributed by atoms with van der Waals surface area (Å²) in [5, 5.41) is 26.6. The van der Waals surface area contributed by atoms with Crippen molar-refractivity contribution in [1.82, 2.24) is 15.8 Å². The SMILES string of the molecule is CS(=O)CCNc1nonc1C(=Nc1ccc(F)c(Br)c1)NO.N#CN. The number of aromatic nitrogens is 2. The highest BCUT2D eigenvalue weighted by Gasteiger charge is 2.16. The third kappa shape index (κ3) is 6.75. The third-order valence-corrected chi connectivity index (χ3v) is 4.03. The number of hydrogen-bond donors (Lipinski definition) is 4. The number of hydrogen-bond acceptors (Lipinski definition) is 9. The summed E-state index contributed by atoms with van der Waals surface area (Å²) in [6.45, 7) is 0.380. The van der Waals surface area contributed by atoms with Crippen LogP contribution >= 0.6 is 15.9 Å². The monoisotopic (exact) mass is 447 g/mol. The molecule has 1 aromatic heterocycles. The van der Waals surface area contributed by atoms with Crippen molar-refractivity contribution in [3.63, 3.8) is 0 Å². The fourth-order valence-electron chi connectivity index (χ4n) is 1.59. The van der Waals surface area contributed by atoms with E-state index in [1.165, 1.54) is 24.4 Å². The maximum atomic E-state index is 13.2. The lowest BCUT2D eigenvalue weighted by molar-refractivity contribution is 0.234. The zero-order valence-electron chi connectivity index (χ0n) is 13.4. The van der Waals surface area contributed by atoms with Crippen molar-refractivity contribution >= 4 is 44.1 Å². The fraction of sp³-hybridized carbons (Fsp3) is 0.231. The normalized spacial score (nSPS) is 11.7. The predicted octanol–water partition coefficient (Wildman–Crippen LogP) is 1.24. The Labute approximate surface area is 158 Å². The van der Waals surface area contributed by atoms with Crippen LogP contribution in [0.2, 0.25) is 0 Å². The molecule has 0 radical (unpaired) electrons. The molecule has 1 atom stereocenters. The molecule has 13 heteroatoms. The van der Waals surface area contributed by atoms with E-state index in [4.69, 9.17) is 5.26 Å². The van der Waals surface area contributed by atoms with E-state index in [9.17, 15) is 13.8 Å². The molecule has 0 aliphatic rings. The van der Waals surface area contributed by atoms with Gasteiger partial charge in [-0.3, -0.25) is 14.9 Å². The third-order valence-electron chi connectivity index (χ3n) is 2.64. The van der Waals surface area contributed by atoms with Crippen molar-refractivity contribution in [1.29, 1.82) is 5.26 Å². The van der Waals surface area contributed by atoms with Crippen LogP contribution in [0.1, 0.15) is 5.69 Å². The molecule has 0 amide bonds. The number of nitrogens with zero attached hydrogens (tertiary/aromatic N) is 4. The second-order valence-corrected chi connectivity index (χ2v) is 6.87. The van der Waals surface area contributed by atoms with Crippen molar-refractivity contribution in [3.8, 4) is 6.19 Å². The van der Waals surface area contributed by atoms with E-state index < -0.39 is 16.6 Å². The van der Waals surface area contributed by atoms with E-state index >= 15 is 0 Å². The molecule has 1 aromatic carbocycles. The number of nitriles is 1. The molecule has 5 N–H and O–H groups in total. The Hall–Kier alpha value is -2.56. The van der Waals surface area contributed by atoms with Gasteiger partial charge >= 0.3 is 0 Å². The van der Waals surface area contributed by atoms with E-state index in [1.807, 2.05) is 5.48 Å². The van der Waals surface area contributed by atoms with Gasteiger partial charge in [0.25, 0.3) is 0 Å². The molecule has 2 aromatic rings. The average Bonchev–Trinajstić information content (AvgIpc) is 3.04. The van der Waals surface area contributed by atoms with Crippen LogP contribution in [0.25, 0.3) is 0 Å². The minimum atomic E-state index is -0.960. The maximum Gasteiger partial charge on any atom is 0.202 e. The Kier molecular flexibility index (Phi) is 9.20. The lowest BCUT2D eigenvalue weighted by Crippen LogP contribution is -2.22. The van der Waals surface area contributed by atoms with Crippen LogP contribution in [-0.4, -0.2) is 44.1 Å². The number of rotatable bonds is 6. The Balaban J connectivity index is 0.00000105. The van der Waals surface area contributed by atoms with Crippen molar-refractivity contribution in [2.75, 3.05) is 23.9 Å². The van der Waals surface area contributed by atoms with E-state index in [0.29, 0.717) is 18.0 Å². The van der Waals surface area contributed by atoms with Crippen molar-refractivity contribution in [2.45, 2.75) is 0 Å². The van der Waals surface area contributed by atoms with Crippen molar-refractivity contribution in [3.05, 3.63) is 34.2 Å². The van der Waals surface area contributed by atoms with Gasteiger partial charge in [-0.25, -0.2) is 14.0 Å². The van der Waals surface area contributed by atoms with Gasteiger partial charge in [0.15, 0.2) is 17.7 Å². The quantitative estimate of drug-likeness (QED) is 0.167. The van der Waals surface area contributed by atoms with E-state index in [1.54, 1.807) is 6.26 Å². The summed E-state index contributed by atoms with van der Waals surface area (Å²) < 4.78 is 29.1. The van der Waals surface area contributed by atoms with Gasteiger partial charge in [0.2, 0.25) is 5.82 Å². The summed E-state index contributed by atoms with van der Waals surface area (Å²) in [6, 6.07) is 4.10. The Morgan fingerprint density at radius 1 is 1.58 bits per heavy atom. The summed E-state index contributed by atoms with van der Waals surface area (Å²) in [6.07, 6.45) is 2.83. The predicted molar refractivity (Wildman–Crippen MR) is 96.7 cm³/mol. The van der Waals surface area contributed by atoms with Crippen LogP contribution < -0.4 is 16.5 Å². The molecular weight excluding hydrogens is 433 g/mol. The molecule has 0 saturated carbocycles. The smallest absolute Gasteiger partial charge is 0.202 e. The number of hydroxylamine groups is 1. The van der Waals surface area contributed by atoms with Crippen molar-refractivity contribution < 1.29 is 18.4 Å². The molecule has 0 saturated heterocycles. The number of benzene rings is 1. The molecule has 0 aliphatic carbocycles. The van der Waals surface area contributed by atoms with Gasteiger partial charge in [0.05, 0.1) is 10.2 Å². The largest absolute Gasteiger partial charge is 0.364 e. The number of halogens is 2. The lowest BCUT2D eigenvalue weighted by Gasteiger charge is -2.05. The van der Waals surface area contributed by atoms with Gasteiger partial charge < -0.3 is 11.1 Å². The summed E-state index contributed by atoms with van der Waals surface area (Å²) in [5.41, 5.74) is 6.57. The number of amidine groups is 1. The van der Waals surface area contributed by atoms with Crippen LogP contribution in [0.4, 0.5) is 15.9 Å². The molecule has 1 unspecified atom stereocenters. The fourth-order valence-corrected chi connectivity index (χ4v) is 2.34. The van der Waals surface area contributed by atoms with Crippen LogP contribution in [0.15, 0.2) is 32.3 Å². The van der Waals surface area contributed by atoms with Gasteiger partial charge in [-0.15, -0.1) is 0 Å². The Bertz CT molecular complexity index is 824. The minimum Gasteiger partial charge on any atom is -0.364 e. The Morgan fingerprint density at radius 2 is 2.27 bits per heavy atom. The van der Waals surface area contributed by atoms with Gasteiger partial charge in [-0.05, 0) is 44.4 Å². The minimum absolute atomic E-state index is 0.0371. The first-order valence-electron chi connectivity index (χ1n) is 6.83. The summed E-state index contributed by atoms with van der Waals surface area (Å²) >= 11 is 3.05. The molecule has 26 heavy (non-hydrogen) atoms. The topological polar surface area (TPSA) is 162 Å². The van der Waals surface area contributed by atoms with E-state index in [0.717, 1.165) is 0 Å². The van der Waals surface area contributed by atoms with Crippen LogP contribution in [0.5, 0.6) is 0 Å². The first kappa shape index (κ1) is 21.5. The maximum absolute atomic E-state index is 13.2. The highest BCUT2D eigenvalue weighted by molar-refractivity contribution is 9.10. The van der Waals surface area contributed by atoms with Gasteiger partial charge in [0.1, 0.15) is 5.82 Å². The van der Waals surface area contributed by atoms with Crippen LogP contribution in [0, 0.1) is 17.3 Å². The zero-order chi connectivity index (χ0) is 19.5. The van der Waals surface area contributed by atoms with E-state index in [-0.39, 0.29) is 21.8 Å². The average molecular weight is 448 g/mol. The number of nitrogens with one attached hydrogen (secondary N) is 2. The van der Waals surface area contributed by atoms with Crippen LogP contribution in [-0.2, 0) is 10.8 Å². The highest BCUT2D eigenvalue weighted by Crippen LogP contribution is 2.23. The molecule has 0 bridgehead atoms. The molecule has 1 heterocycles. The molecule has 140 valence electrons. The highest BCUT2D eigenvalue weighted by atomic mass is 79.9. The standard InChI is InChI=1S/C12H13BrFN5O3S.CH2N2/c1-23(21)5-4-15-11-10(18-22-19-11)12(17-20)16-7-2-3-9(14)8(13)6-7;2-1-3/h2-3,6,20H,4-5H2,1H3,(H,15,19)(H,16,17);2H2. The first-order chi connectivity index (χ1) is 12.4. The molecule has 0 aliphatic heterocycles. The van der Waals surface area contributed by atoms with Gasteiger partial charge in [-0.1, -0.05) is 0 Å². The molecule has 0 fully saturated rings. The Morgan fingerprint density at radius 3 is 2.85 bits per heavy atom.